The summed E-state index contributed by atoms with van der Waals surface area (Å²) in [6.07, 6.45) is 3.22. The molecule has 0 spiro atoms. The van der Waals surface area contributed by atoms with E-state index in [1.807, 2.05) is 24.3 Å². The van der Waals surface area contributed by atoms with Crippen LogP contribution in [0.15, 0.2) is 60.7 Å². The molecule has 3 N–H and O–H groups in total. The van der Waals surface area contributed by atoms with E-state index in [0.29, 0.717) is 0 Å². The Morgan fingerprint density at radius 3 is 2.22 bits per heavy atom. The normalized spacial score (nSPS) is 18.3. The van der Waals surface area contributed by atoms with Crippen molar-refractivity contribution < 1.29 is 5.11 Å². The highest BCUT2D eigenvalue weighted by Gasteiger charge is 2.38. The molecule has 0 radical (unpaired) electrons. The van der Waals surface area contributed by atoms with Crippen molar-refractivity contribution in [3.63, 3.8) is 0 Å². The van der Waals surface area contributed by atoms with E-state index in [9.17, 15) is 5.11 Å². The van der Waals surface area contributed by atoms with Crippen LogP contribution in [0.25, 0.3) is 0 Å². The first-order valence-electron chi connectivity index (χ1n) is 8.54. The van der Waals surface area contributed by atoms with Crippen LogP contribution in [0.4, 0.5) is 5.69 Å². The van der Waals surface area contributed by atoms with Gasteiger partial charge in [0.25, 0.3) is 0 Å². The molecule has 3 rings (SSSR count). The van der Waals surface area contributed by atoms with Crippen molar-refractivity contribution in [2.24, 2.45) is 0 Å². The van der Waals surface area contributed by atoms with Gasteiger partial charge in [0.1, 0.15) is 0 Å². The number of piperidine rings is 1. The molecule has 2 aromatic rings. The minimum absolute atomic E-state index is 0.235. The molecule has 0 saturated carbocycles. The molecule has 1 atom stereocenters. The molecule has 3 nitrogen and oxygen atoms in total. The molecule has 2 aromatic carbocycles. The largest absolute Gasteiger partial charge is 0.391 e. The fourth-order valence-corrected chi connectivity index (χ4v) is 3.45. The van der Waals surface area contributed by atoms with Gasteiger partial charge >= 0.3 is 0 Å². The molecule has 3 heteroatoms. The third-order valence-electron chi connectivity index (χ3n) is 4.85. The van der Waals surface area contributed by atoms with Gasteiger partial charge in [-0.2, -0.15) is 0 Å². The van der Waals surface area contributed by atoms with Crippen LogP contribution < -0.4 is 10.6 Å². The molecule has 1 heterocycles. The van der Waals surface area contributed by atoms with Gasteiger partial charge in [-0.1, -0.05) is 48.5 Å². The van der Waals surface area contributed by atoms with E-state index in [4.69, 9.17) is 0 Å². The predicted octanol–water partition coefficient (Wildman–Crippen LogP) is 3.21. The number of benzene rings is 2. The lowest BCUT2D eigenvalue weighted by atomic mass is 9.80. The molecule has 1 fully saturated rings. The second kappa shape index (κ2) is 7.62. The SMILES string of the molecule is OC(CCc1ccccc1)C1(Nc2ccccc2)CCNCC1. The Bertz CT molecular complexity index is 579. The molecule has 1 saturated heterocycles. The molecule has 1 aliphatic rings. The molecule has 0 amide bonds. The zero-order chi connectivity index (χ0) is 16.0. The van der Waals surface area contributed by atoms with Gasteiger partial charge in [0.2, 0.25) is 0 Å². The third kappa shape index (κ3) is 4.12. The Balaban J connectivity index is 1.70. The van der Waals surface area contributed by atoms with Crippen molar-refractivity contribution in [3.05, 3.63) is 66.2 Å². The molecule has 0 aliphatic carbocycles. The van der Waals surface area contributed by atoms with E-state index in [-0.39, 0.29) is 11.6 Å². The Labute approximate surface area is 138 Å². The first-order valence-corrected chi connectivity index (χ1v) is 8.54. The van der Waals surface area contributed by atoms with Gasteiger partial charge in [0.15, 0.2) is 0 Å². The highest BCUT2D eigenvalue weighted by Crippen LogP contribution is 2.30. The Morgan fingerprint density at radius 1 is 0.957 bits per heavy atom. The lowest BCUT2D eigenvalue weighted by molar-refractivity contribution is 0.0694. The number of nitrogens with one attached hydrogen (secondary N) is 2. The number of anilines is 1. The highest BCUT2D eigenvalue weighted by atomic mass is 16.3. The van der Waals surface area contributed by atoms with Crippen molar-refractivity contribution in [2.45, 2.75) is 37.3 Å². The van der Waals surface area contributed by atoms with Gasteiger partial charge in [-0.05, 0) is 56.5 Å². The fraction of sp³-hybridized carbons (Fsp3) is 0.400. The summed E-state index contributed by atoms with van der Waals surface area (Å²) in [6.45, 7) is 1.89. The minimum atomic E-state index is -0.356. The molecule has 23 heavy (non-hydrogen) atoms. The van der Waals surface area contributed by atoms with Crippen molar-refractivity contribution in [2.75, 3.05) is 18.4 Å². The van der Waals surface area contributed by atoms with E-state index in [1.165, 1.54) is 5.56 Å². The maximum atomic E-state index is 11.0. The van der Waals surface area contributed by atoms with Gasteiger partial charge < -0.3 is 15.7 Å². The van der Waals surface area contributed by atoms with Crippen LogP contribution in [0, 0.1) is 0 Å². The number of hydrogen-bond donors (Lipinski definition) is 3. The van der Waals surface area contributed by atoms with Crippen LogP contribution >= 0.6 is 0 Å². The van der Waals surface area contributed by atoms with E-state index >= 15 is 0 Å². The topological polar surface area (TPSA) is 44.3 Å². The third-order valence-corrected chi connectivity index (χ3v) is 4.85. The van der Waals surface area contributed by atoms with E-state index in [1.54, 1.807) is 0 Å². The summed E-state index contributed by atoms with van der Waals surface area (Å²) in [7, 11) is 0. The standard InChI is InChI=1S/C20H26N2O/c23-19(12-11-17-7-3-1-4-8-17)20(13-15-21-16-14-20)22-18-9-5-2-6-10-18/h1-10,19,21-23H,11-16H2. The Morgan fingerprint density at radius 2 is 1.57 bits per heavy atom. The number of rotatable bonds is 6. The fourth-order valence-electron chi connectivity index (χ4n) is 3.45. The van der Waals surface area contributed by atoms with Crippen LogP contribution in [-0.2, 0) is 6.42 Å². The van der Waals surface area contributed by atoms with Crippen LogP contribution in [0.3, 0.4) is 0 Å². The zero-order valence-electron chi connectivity index (χ0n) is 13.5. The molecular formula is C20H26N2O. The monoisotopic (exact) mass is 310 g/mol. The first kappa shape index (κ1) is 16.0. The number of aliphatic hydroxyl groups is 1. The average molecular weight is 310 g/mol. The van der Waals surface area contributed by atoms with Gasteiger partial charge in [-0.25, -0.2) is 0 Å². The summed E-state index contributed by atoms with van der Waals surface area (Å²) in [5.41, 5.74) is 2.14. The summed E-state index contributed by atoms with van der Waals surface area (Å²) < 4.78 is 0. The van der Waals surface area contributed by atoms with Gasteiger partial charge in [-0.3, -0.25) is 0 Å². The number of aryl methyl sites for hydroxylation is 1. The van der Waals surface area contributed by atoms with E-state index < -0.39 is 0 Å². The quantitative estimate of drug-likeness (QED) is 0.767. The first-order chi connectivity index (χ1) is 11.3. The Kier molecular flexibility index (Phi) is 5.31. The van der Waals surface area contributed by atoms with Crippen LogP contribution in [0.5, 0.6) is 0 Å². The van der Waals surface area contributed by atoms with Gasteiger partial charge in [-0.15, -0.1) is 0 Å². The Hall–Kier alpha value is -1.84. The van der Waals surface area contributed by atoms with Crippen molar-refractivity contribution in [3.8, 4) is 0 Å². The van der Waals surface area contributed by atoms with Crippen LogP contribution in [0.1, 0.15) is 24.8 Å². The van der Waals surface area contributed by atoms with Crippen molar-refractivity contribution >= 4 is 5.69 Å². The van der Waals surface area contributed by atoms with E-state index in [2.05, 4.69) is 47.0 Å². The second-order valence-electron chi connectivity index (χ2n) is 6.44. The summed E-state index contributed by atoms with van der Waals surface area (Å²) in [4.78, 5) is 0. The molecule has 122 valence electrons. The lowest BCUT2D eigenvalue weighted by Gasteiger charge is -2.43. The summed E-state index contributed by atoms with van der Waals surface area (Å²) in [5, 5.41) is 18.0. The van der Waals surface area contributed by atoms with Crippen molar-refractivity contribution in [1.29, 1.82) is 0 Å². The van der Waals surface area contributed by atoms with Crippen LogP contribution in [0.2, 0.25) is 0 Å². The van der Waals surface area contributed by atoms with Crippen molar-refractivity contribution in [1.82, 2.24) is 5.32 Å². The second-order valence-corrected chi connectivity index (χ2v) is 6.44. The summed E-state index contributed by atoms with van der Waals surface area (Å²) in [5.74, 6) is 0. The lowest BCUT2D eigenvalue weighted by Crippen LogP contribution is -2.55. The summed E-state index contributed by atoms with van der Waals surface area (Å²) in [6, 6.07) is 20.7. The van der Waals surface area contributed by atoms with Gasteiger partial charge in [0.05, 0.1) is 11.6 Å². The molecule has 0 aromatic heterocycles. The van der Waals surface area contributed by atoms with Gasteiger partial charge in [0, 0.05) is 5.69 Å². The van der Waals surface area contributed by atoms with E-state index in [0.717, 1.165) is 44.5 Å². The summed E-state index contributed by atoms with van der Waals surface area (Å²) >= 11 is 0. The molecule has 1 aliphatic heterocycles. The number of aliphatic hydroxyl groups excluding tert-OH is 1. The molecule has 0 bridgehead atoms. The van der Waals surface area contributed by atoms with Crippen LogP contribution in [-0.4, -0.2) is 29.8 Å². The maximum Gasteiger partial charge on any atom is 0.0773 e. The molecular weight excluding hydrogens is 284 g/mol. The predicted molar refractivity (Wildman–Crippen MR) is 95.7 cm³/mol. The number of para-hydroxylation sites is 1. The average Bonchev–Trinajstić information content (AvgIpc) is 2.62. The highest BCUT2D eigenvalue weighted by molar-refractivity contribution is 5.46. The smallest absolute Gasteiger partial charge is 0.0773 e. The maximum absolute atomic E-state index is 11.0. The number of hydrogen-bond acceptors (Lipinski definition) is 3. The minimum Gasteiger partial charge on any atom is -0.391 e. The zero-order valence-corrected chi connectivity index (χ0v) is 13.5. The molecule has 1 unspecified atom stereocenters.